The molecule has 2 aromatic heterocycles. The van der Waals surface area contributed by atoms with E-state index in [9.17, 15) is 0 Å². The minimum Gasteiger partial charge on any atom is -0.374 e. The Morgan fingerprint density at radius 1 is 1.40 bits per heavy atom. The van der Waals surface area contributed by atoms with E-state index in [2.05, 4.69) is 20.4 Å². The van der Waals surface area contributed by atoms with Crippen molar-refractivity contribution in [2.24, 2.45) is 0 Å². The van der Waals surface area contributed by atoms with Gasteiger partial charge in [-0.2, -0.15) is 5.10 Å². The number of aromatic nitrogens is 4. The van der Waals surface area contributed by atoms with Gasteiger partial charge >= 0.3 is 0 Å². The monoisotopic (exact) mass is 295 g/mol. The molecule has 0 radical (unpaired) electrons. The summed E-state index contributed by atoms with van der Waals surface area (Å²) in [6.45, 7) is 6.40. The van der Waals surface area contributed by atoms with E-state index in [4.69, 9.17) is 16.3 Å². The summed E-state index contributed by atoms with van der Waals surface area (Å²) in [6, 6.07) is 1.70. The summed E-state index contributed by atoms with van der Waals surface area (Å²) in [5, 5.41) is 7.84. The molecule has 0 atom stereocenters. The highest BCUT2D eigenvalue weighted by atomic mass is 35.5. The fourth-order valence-corrected chi connectivity index (χ4v) is 1.90. The lowest BCUT2D eigenvalue weighted by Crippen LogP contribution is -2.12. The van der Waals surface area contributed by atoms with Gasteiger partial charge in [-0.05, 0) is 19.4 Å². The Morgan fingerprint density at radius 2 is 2.25 bits per heavy atom. The molecule has 0 fully saturated rings. The molecule has 2 heterocycles. The van der Waals surface area contributed by atoms with Gasteiger partial charge in [0, 0.05) is 25.4 Å². The van der Waals surface area contributed by atoms with Gasteiger partial charge in [-0.3, -0.25) is 4.68 Å². The predicted octanol–water partition coefficient (Wildman–Crippen LogP) is 2.28. The van der Waals surface area contributed by atoms with Gasteiger partial charge < -0.3 is 10.1 Å². The standard InChI is InChI=1S/C13H18ClN5O/c1-3-20-9-13-17-11(14)6-12(18-13)15-4-5-19-8-10(2)7-16-19/h6-8H,3-5,9H2,1-2H3,(H,15,17,18). The Hall–Kier alpha value is -1.66. The molecule has 0 bridgehead atoms. The van der Waals surface area contributed by atoms with Crippen LogP contribution in [0.25, 0.3) is 0 Å². The number of anilines is 1. The molecule has 0 unspecified atom stereocenters. The van der Waals surface area contributed by atoms with Crippen LogP contribution in [0.3, 0.4) is 0 Å². The smallest absolute Gasteiger partial charge is 0.158 e. The van der Waals surface area contributed by atoms with Crippen LogP contribution >= 0.6 is 11.6 Å². The fourth-order valence-electron chi connectivity index (χ4n) is 1.70. The maximum Gasteiger partial charge on any atom is 0.158 e. The molecule has 108 valence electrons. The van der Waals surface area contributed by atoms with Gasteiger partial charge in [-0.25, -0.2) is 9.97 Å². The van der Waals surface area contributed by atoms with Crippen LogP contribution in [0.2, 0.25) is 5.15 Å². The fraction of sp³-hybridized carbons (Fsp3) is 0.462. The molecule has 0 aliphatic carbocycles. The van der Waals surface area contributed by atoms with Crippen LogP contribution in [0.4, 0.5) is 5.82 Å². The first-order valence-corrected chi connectivity index (χ1v) is 6.89. The third-order valence-corrected chi connectivity index (χ3v) is 2.78. The Kier molecular flexibility index (Phi) is 5.31. The van der Waals surface area contributed by atoms with Crippen LogP contribution < -0.4 is 5.32 Å². The molecule has 1 N–H and O–H groups in total. The molecule has 0 amide bonds. The van der Waals surface area contributed by atoms with Crippen molar-refractivity contribution in [1.82, 2.24) is 19.7 Å². The van der Waals surface area contributed by atoms with Crippen LogP contribution in [0.15, 0.2) is 18.5 Å². The van der Waals surface area contributed by atoms with Crippen LogP contribution in [0, 0.1) is 6.92 Å². The third kappa shape index (κ3) is 4.47. The summed E-state index contributed by atoms with van der Waals surface area (Å²) < 4.78 is 7.16. The lowest BCUT2D eigenvalue weighted by Gasteiger charge is -2.08. The SMILES string of the molecule is CCOCc1nc(Cl)cc(NCCn2cc(C)cn2)n1. The molecule has 7 heteroatoms. The van der Waals surface area contributed by atoms with Crippen molar-refractivity contribution >= 4 is 17.4 Å². The van der Waals surface area contributed by atoms with Gasteiger partial charge in [0.1, 0.15) is 17.6 Å². The highest BCUT2D eigenvalue weighted by Crippen LogP contribution is 2.12. The normalized spacial score (nSPS) is 10.8. The maximum absolute atomic E-state index is 5.96. The highest BCUT2D eigenvalue weighted by Gasteiger charge is 2.03. The van der Waals surface area contributed by atoms with Crippen molar-refractivity contribution in [3.05, 3.63) is 35.0 Å². The minimum atomic E-state index is 0.365. The first-order chi connectivity index (χ1) is 9.67. The van der Waals surface area contributed by atoms with Gasteiger partial charge in [0.05, 0.1) is 12.7 Å². The average molecular weight is 296 g/mol. The Bertz CT molecular complexity index is 557. The molecule has 2 rings (SSSR count). The van der Waals surface area contributed by atoms with Crippen LogP contribution in [0.5, 0.6) is 0 Å². The Labute approximate surface area is 123 Å². The second kappa shape index (κ2) is 7.21. The zero-order valence-corrected chi connectivity index (χ0v) is 12.4. The number of aryl methyl sites for hydroxylation is 1. The van der Waals surface area contributed by atoms with Gasteiger partial charge in [0.2, 0.25) is 0 Å². The highest BCUT2D eigenvalue weighted by molar-refractivity contribution is 6.29. The molecule has 0 saturated carbocycles. The number of hydrogen-bond donors (Lipinski definition) is 1. The van der Waals surface area contributed by atoms with Crippen molar-refractivity contribution in [3.63, 3.8) is 0 Å². The molecule has 0 aliphatic heterocycles. The summed E-state index contributed by atoms with van der Waals surface area (Å²) in [6.07, 6.45) is 3.83. The summed E-state index contributed by atoms with van der Waals surface area (Å²) in [5.74, 6) is 1.28. The summed E-state index contributed by atoms with van der Waals surface area (Å²) in [7, 11) is 0. The van der Waals surface area contributed by atoms with E-state index in [1.165, 1.54) is 0 Å². The second-order valence-corrected chi connectivity index (χ2v) is 4.72. The number of ether oxygens (including phenoxy) is 1. The number of rotatable bonds is 7. The van der Waals surface area contributed by atoms with Crippen molar-refractivity contribution in [3.8, 4) is 0 Å². The molecular weight excluding hydrogens is 278 g/mol. The average Bonchev–Trinajstić information content (AvgIpc) is 2.81. The Balaban J connectivity index is 1.89. The van der Waals surface area contributed by atoms with Gasteiger partial charge in [-0.15, -0.1) is 0 Å². The summed E-state index contributed by atoms with van der Waals surface area (Å²) in [5.41, 5.74) is 1.15. The van der Waals surface area contributed by atoms with Crippen LogP contribution in [-0.2, 0) is 17.9 Å². The molecule has 20 heavy (non-hydrogen) atoms. The molecule has 6 nitrogen and oxygen atoms in total. The van der Waals surface area contributed by atoms with Crippen molar-refractivity contribution in [2.75, 3.05) is 18.5 Å². The van der Waals surface area contributed by atoms with Crippen LogP contribution in [-0.4, -0.2) is 32.9 Å². The van der Waals surface area contributed by atoms with E-state index in [-0.39, 0.29) is 0 Å². The van der Waals surface area contributed by atoms with E-state index in [0.717, 1.165) is 12.1 Å². The Morgan fingerprint density at radius 3 is 2.95 bits per heavy atom. The maximum atomic E-state index is 5.96. The first-order valence-electron chi connectivity index (χ1n) is 6.51. The number of hydrogen-bond acceptors (Lipinski definition) is 5. The molecule has 2 aromatic rings. The van der Waals surface area contributed by atoms with Gasteiger partial charge in [-0.1, -0.05) is 11.6 Å². The van der Waals surface area contributed by atoms with Crippen molar-refractivity contribution in [2.45, 2.75) is 27.0 Å². The topological polar surface area (TPSA) is 64.9 Å². The second-order valence-electron chi connectivity index (χ2n) is 4.34. The van der Waals surface area contributed by atoms with Crippen LogP contribution in [0.1, 0.15) is 18.3 Å². The van der Waals surface area contributed by atoms with Gasteiger partial charge in [0.15, 0.2) is 5.82 Å². The van der Waals surface area contributed by atoms with E-state index in [1.54, 1.807) is 6.07 Å². The van der Waals surface area contributed by atoms with Crippen molar-refractivity contribution < 1.29 is 4.74 Å². The summed E-state index contributed by atoms with van der Waals surface area (Å²) >= 11 is 5.96. The quantitative estimate of drug-likeness (QED) is 0.794. The van der Waals surface area contributed by atoms with E-state index < -0.39 is 0 Å². The number of halogens is 1. The lowest BCUT2D eigenvalue weighted by atomic mass is 10.4. The number of nitrogens with one attached hydrogen (secondary N) is 1. The van der Waals surface area contributed by atoms with E-state index in [0.29, 0.717) is 36.6 Å². The van der Waals surface area contributed by atoms with Gasteiger partial charge in [0.25, 0.3) is 0 Å². The molecule has 0 saturated heterocycles. The third-order valence-electron chi connectivity index (χ3n) is 2.59. The first kappa shape index (κ1) is 14.7. The molecule has 0 aliphatic rings. The summed E-state index contributed by atoms with van der Waals surface area (Å²) in [4.78, 5) is 8.46. The predicted molar refractivity (Wildman–Crippen MR) is 77.8 cm³/mol. The molecule has 0 spiro atoms. The minimum absolute atomic E-state index is 0.365. The lowest BCUT2D eigenvalue weighted by molar-refractivity contribution is 0.128. The van der Waals surface area contributed by atoms with E-state index >= 15 is 0 Å². The van der Waals surface area contributed by atoms with Crippen molar-refractivity contribution in [1.29, 1.82) is 0 Å². The molecular formula is C13H18ClN5O. The molecule has 0 aromatic carbocycles. The zero-order valence-electron chi connectivity index (χ0n) is 11.6. The largest absolute Gasteiger partial charge is 0.374 e. The number of nitrogens with zero attached hydrogens (tertiary/aromatic N) is 4. The van der Waals surface area contributed by atoms with E-state index in [1.807, 2.05) is 30.9 Å². The zero-order chi connectivity index (χ0) is 14.4.